The standard InChI is InChI=1S/C16H20ClN3/c1-11(12-3-2-7-18-10-12)20-15-6-8-19-16-9-13(17)4-5-14(15)16/h4-6,8-9,11-12,18H,2-3,7,10H2,1H3,(H,19,20). The summed E-state index contributed by atoms with van der Waals surface area (Å²) in [6.07, 6.45) is 4.40. The van der Waals surface area contributed by atoms with Crippen molar-refractivity contribution in [3.05, 3.63) is 35.5 Å². The van der Waals surface area contributed by atoms with Crippen LogP contribution in [-0.4, -0.2) is 24.1 Å². The number of hydrogen-bond donors (Lipinski definition) is 2. The smallest absolute Gasteiger partial charge is 0.0737 e. The monoisotopic (exact) mass is 289 g/mol. The van der Waals surface area contributed by atoms with Crippen molar-refractivity contribution >= 4 is 28.2 Å². The molecule has 1 fully saturated rings. The molecule has 0 radical (unpaired) electrons. The molecule has 20 heavy (non-hydrogen) atoms. The van der Waals surface area contributed by atoms with Crippen LogP contribution < -0.4 is 10.6 Å². The van der Waals surface area contributed by atoms with Gasteiger partial charge in [0.05, 0.1) is 5.52 Å². The van der Waals surface area contributed by atoms with Crippen molar-refractivity contribution in [2.75, 3.05) is 18.4 Å². The van der Waals surface area contributed by atoms with E-state index in [1.165, 1.54) is 12.8 Å². The van der Waals surface area contributed by atoms with Crippen molar-refractivity contribution in [2.45, 2.75) is 25.8 Å². The first-order valence-corrected chi connectivity index (χ1v) is 7.63. The van der Waals surface area contributed by atoms with E-state index in [1.807, 2.05) is 30.5 Å². The highest BCUT2D eigenvalue weighted by Crippen LogP contribution is 2.26. The van der Waals surface area contributed by atoms with Crippen LogP contribution >= 0.6 is 11.6 Å². The van der Waals surface area contributed by atoms with Gasteiger partial charge >= 0.3 is 0 Å². The molecular weight excluding hydrogens is 270 g/mol. The van der Waals surface area contributed by atoms with Crippen molar-refractivity contribution in [3.8, 4) is 0 Å². The van der Waals surface area contributed by atoms with E-state index >= 15 is 0 Å². The number of halogens is 1. The van der Waals surface area contributed by atoms with Crippen molar-refractivity contribution in [1.29, 1.82) is 0 Å². The molecule has 3 rings (SSSR count). The molecule has 0 bridgehead atoms. The number of rotatable bonds is 3. The Kier molecular flexibility index (Phi) is 4.08. The van der Waals surface area contributed by atoms with Gasteiger partial charge in [-0.15, -0.1) is 0 Å². The highest BCUT2D eigenvalue weighted by molar-refractivity contribution is 6.31. The van der Waals surface area contributed by atoms with Crippen LogP contribution in [0.2, 0.25) is 5.02 Å². The largest absolute Gasteiger partial charge is 0.382 e. The molecule has 2 aromatic rings. The van der Waals surface area contributed by atoms with Gasteiger partial charge in [0.1, 0.15) is 0 Å². The summed E-state index contributed by atoms with van der Waals surface area (Å²) in [5.74, 6) is 0.680. The lowest BCUT2D eigenvalue weighted by Crippen LogP contribution is -2.38. The predicted molar refractivity (Wildman–Crippen MR) is 85.4 cm³/mol. The Bertz CT molecular complexity index is 593. The molecule has 4 heteroatoms. The van der Waals surface area contributed by atoms with E-state index in [0.29, 0.717) is 12.0 Å². The van der Waals surface area contributed by atoms with Crippen LogP contribution in [0.1, 0.15) is 19.8 Å². The van der Waals surface area contributed by atoms with Crippen molar-refractivity contribution in [2.24, 2.45) is 5.92 Å². The Morgan fingerprint density at radius 1 is 1.40 bits per heavy atom. The van der Waals surface area contributed by atoms with Crippen LogP contribution in [0.25, 0.3) is 10.9 Å². The molecule has 1 saturated heterocycles. The van der Waals surface area contributed by atoms with Gasteiger partial charge in [0.25, 0.3) is 0 Å². The molecule has 1 aliphatic rings. The molecule has 2 heterocycles. The zero-order chi connectivity index (χ0) is 13.9. The van der Waals surface area contributed by atoms with Crippen molar-refractivity contribution < 1.29 is 0 Å². The molecule has 1 aromatic carbocycles. The fourth-order valence-electron chi connectivity index (χ4n) is 2.92. The van der Waals surface area contributed by atoms with E-state index in [4.69, 9.17) is 11.6 Å². The van der Waals surface area contributed by atoms with E-state index < -0.39 is 0 Å². The summed E-state index contributed by atoms with van der Waals surface area (Å²) in [5.41, 5.74) is 2.08. The zero-order valence-electron chi connectivity index (χ0n) is 11.7. The van der Waals surface area contributed by atoms with E-state index in [2.05, 4.69) is 22.5 Å². The summed E-state index contributed by atoms with van der Waals surface area (Å²) in [5, 5.41) is 8.99. The molecule has 0 aliphatic carbocycles. The highest BCUT2D eigenvalue weighted by atomic mass is 35.5. The number of pyridine rings is 1. The minimum absolute atomic E-state index is 0.448. The molecule has 2 N–H and O–H groups in total. The number of fused-ring (bicyclic) bond motifs is 1. The van der Waals surface area contributed by atoms with E-state index in [9.17, 15) is 0 Å². The Morgan fingerprint density at radius 2 is 2.30 bits per heavy atom. The molecule has 2 unspecified atom stereocenters. The molecule has 0 amide bonds. The highest BCUT2D eigenvalue weighted by Gasteiger charge is 2.20. The van der Waals surface area contributed by atoms with Gasteiger partial charge in [-0.2, -0.15) is 0 Å². The number of nitrogens with zero attached hydrogens (tertiary/aromatic N) is 1. The van der Waals surface area contributed by atoms with E-state index in [-0.39, 0.29) is 0 Å². The third-order valence-corrected chi connectivity index (χ3v) is 4.37. The number of anilines is 1. The van der Waals surface area contributed by atoms with Gasteiger partial charge in [-0.05, 0) is 63.0 Å². The first-order valence-electron chi connectivity index (χ1n) is 7.25. The van der Waals surface area contributed by atoms with Crippen molar-refractivity contribution in [3.63, 3.8) is 0 Å². The summed E-state index contributed by atoms with van der Waals surface area (Å²) in [6, 6.07) is 8.37. The molecule has 0 saturated carbocycles. The molecule has 0 spiro atoms. The number of nitrogens with one attached hydrogen (secondary N) is 2. The number of piperidine rings is 1. The second-order valence-electron chi connectivity index (χ2n) is 5.56. The minimum Gasteiger partial charge on any atom is -0.382 e. The van der Waals surface area contributed by atoms with Crippen LogP contribution in [0.15, 0.2) is 30.5 Å². The maximum atomic E-state index is 6.03. The number of benzene rings is 1. The van der Waals surface area contributed by atoms with Crippen LogP contribution in [-0.2, 0) is 0 Å². The Morgan fingerprint density at radius 3 is 3.10 bits per heavy atom. The second kappa shape index (κ2) is 5.98. The van der Waals surface area contributed by atoms with Crippen LogP contribution in [0.3, 0.4) is 0 Å². The SMILES string of the molecule is CC(Nc1ccnc2cc(Cl)ccc12)C1CCCNC1. The lowest BCUT2D eigenvalue weighted by Gasteiger charge is -2.29. The lowest BCUT2D eigenvalue weighted by molar-refractivity contribution is 0.347. The summed E-state index contributed by atoms with van der Waals surface area (Å²) >= 11 is 6.03. The minimum atomic E-state index is 0.448. The molecule has 106 valence electrons. The van der Waals surface area contributed by atoms with Gasteiger partial charge in [0.2, 0.25) is 0 Å². The van der Waals surface area contributed by atoms with Crippen molar-refractivity contribution in [1.82, 2.24) is 10.3 Å². The quantitative estimate of drug-likeness (QED) is 0.905. The predicted octanol–water partition coefficient (Wildman–Crippen LogP) is 3.69. The first kappa shape index (κ1) is 13.7. The zero-order valence-corrected chi connectivity index (χ0v) is 12.5. The van der Waals surface area contributed by atoms with Crippen LogP contribution in [0.4, 0.5) is 5.69 Å². The van der Waals surface area contributed by atoms with Gasteiger partial charge < -0.3 is 10.6 Å². The number of aromatic nitrogens is 1. The summed E-state index contributed by atoms with van der Waals surface area (Å²) in [7, 11) is 0. The van der Waals surface area contributed by atoms with Gasteiger partial charge in [-0.25, -0.2) is 0 Å². The third kappa shape index (κ3) is 2.89. The molecule has 3 nitrogen and oxygen atoms in total. The first-order chi connectivity index (χ1) is 9.74. The number of hydrogen-bond acceptors (Lipinski definition) is 3. The maximum Gasteiger partial charge on any atom is 0.0737 e. The fraction of sp³-hybridized carbons (Fsp3) is 0.438. The third-order valence-electron chi connectivity index (χ3n) is 4.13. The normalized spacial score (nSPS) is 20.8. The fourth-order valence-corrected chi connectivity index (χ4v) is 3.08. The van der Waals surface area contributed by atoms with E-state index in [1.54, 1.807) is 0 Å². The van der Waals surface area contributed by atoms with Gasteiger partial charge in [-0.1, -0.05) is 11.6 Å². The Balaban J connectivity index is 1.83. The van der Waals surface area contributed by atoms with E-state index in [0.717, 1.165) is 34.7 Å². The van der Waals surface area contributed by atoms with Gasteiger partial charge in [0, 0.05) is 28.3 Å². The lowest BCUT2D eigenvalue weighted by atomic mass is 9.92. The summed E-state index contributed by atoms with van der Waals surface area (Å²) < 4.78 is 0. The Hall–Kier alpha value is -1.32. The molecule has 2 atom stereocenters. The molecule has 1 aliphatic heterocycles. The maximum absolute atomic E-state index is 6.03. The Labute approximate surface area is 124 Å². The molecular formula is C16H20ClN3. The molecule has 1 aromatic heterocycles. The van der Waals surface area contributed by atoms with Crippen LogP contribution in [0.5, 0.6) is 0 Å². The average Bonchev–Trinajstić information content (AvgIpc) is 2.48. The van der Waals surface area contributed by atoms with Gasteiger partial charge in [-0.3, -0.25) is 4.98 Å². The summed E-state index contributed by atoms with van der Waals surface area (Å²) in [6.45, 7) is 4.52. The van der Waals surface area contributed by atoms with Gasteiger partial charge in [0.15, 0.2) is 0 Å². The average molecular weight is 290 g/mol. The second-order valence-corrected chi connectivity index (χ2v) is 6.00. The van der Waals surface area contributed by atoms with Crippen LogP contribution in [0, 0.1) is 5.92 Å². The summed E-state index contributed by atoms with van der Waals surface area (Å²) in [4.78, 5) is 4.39. The topological polar surface area (TPSA) is 37.0 Å².